The highest BCUT2D eigenvalue weighted by Gasteiger charge is 2.58. The van der Waals surface area contributed by atoms with Crippen molar-refractivity contribution in [2.75, 3.05) is 26.2 Å². The molecule has 0 radical (unpaired) electrons. The number of ether oxygens (including phenoxy) is 1. The molecule has 154 valence electrons. The number of nitrogens with zero attached hydrogens (tertiary/aromatic N) is 2. The van der Waals surface area contributed by atoms with Crippen molar-refractivity contribution in [2.24, 2.45) is 0 Å². The topological polar surface area (TPSA) is 49.9 Å². The SMILES string of the molecule is O=C(c1cccs1)N1CCO[C@@]2(C1)C(=O)N(Cc1cccs1)C[C@H]2c1ccccc1. The number of likely N-dealkylation sites (tertiary alicyclic amines) is 1. The summed E-state index contributed by atoms with van der Waals surface area (Å²) in [5, 5.41) is 3.93. The van der Waals surface area contributed by atoms with Gasteiger partial charge in [-0.05, 0) is 28.5 Å². The van der Waals surface area contributed by atoms with Crippen LogP contribution in [0.15, 0.2) is 65.4 Å². The predicted octanol–water partition coefficient (Wildman–Crippen LogP) is 3.85. The molecule has 0 N–H and O–H groups in total. The molecule has 2 aliphatic rings. The Kier molecular flexibility index (Phi) is 5.18. The molecule has 2 aromatic heterocycles. The van der Waals surface area contributed by atoms with Gasteiger partial charge in [-0.2, -0.15) is 0 Å². The van der Waals surface area contributed by atoms with Crippen molar-refractivity contribution >= 4 is 34.5 Å². The highest BCUT2D eigenvalue weighted by molar-refractivity contribution is 7.12. The average molecular weight is 439 g/mol. The molecular formula is C23H22N2O3S2. The van der Waals surface area contributed by atoms with E-state index in [0.717, 1.165) is 10.4 Å². The molecule has 5 nitrogen and oxygen atoms in total. The maximum Gasteiger partial charge on any atom is 0.264 e. The minimum Gasteiger partial charge on any atom is -0.361 e. The normalized spacial score (nSPS) is 24.0. The lowest BCUT2D eigenvalue weighted by Gasteiger charge is -2.42. The summed E-state index contributed by atoms with van der Waals surface area (Å²) in [7, 11) is 0. The first-order chi connectivity index (χ1) is 14.7. The van der Waals surface area contributed by atoms with Crippen LogP contribution in [0.1, 0.15) is 26.0 Å². The van der Waals surface area contributed by atoms with E-state index in [1.807, 2.05) is 52.1 Å². The Labute approximate surface area is 183 Å². The predicted molar refractivity (Wildman–Crippen MR) is 118 cm³/mol. The van der Waals surface area contributed by atoms with Crippen LogP contribution in [-0.2, 0) is 16.1 Å². The Balaban J connectivity index is 1.48. The molecule has 0 unspecified atom stereocenters. The molecule has 2 saturated heterocycles. The van der Waals surface area contributed by atoms with Crippen LogP contribution in [0, 0.1) is 0 Å². The average Bonchev–Trinajstić information content (AvgIpc) is 3.54. The van der Waals surface area contributed by atoms with Gasteiger partial charge in [0.15, 0.2) is 5.60 Å². The lowest BCUT2D eigenvalue weighted by molar-refractivity contribution is -0.160. The molecule has 2 amide bonds. The fourth-order valence-electron chi connectivity index (χ4n) is 4.47. The van der Waals surface area contributed by atoms with Crippen LogP contribution in [0.5, 0.6) is 0 Å². The van der Waals surface area contributed by atoms with E-state index in [9.17, 15) is 9.59 Å². The molecule has 2 atom stereocenters. The van der Waals surface area contributed by atoms with Gasteiger partial charge in [-0.15, -0.1) is 22.7 Å². The van der Waals surface area contributed by atoms with E-state index < -0.39 is 5.60 Å². The molecule has 3 aromatic rings. The minimum atomic E-state index is -1.04. The summed E-state index contributed by atoms with van der Waals surface area (Å²) in [4.78, 5) is 32.3. The van der Waals surface area contributed by atoms with Crippen LogP contribution in [-0.4, -0.2) is 53.5 Å². The van der Waals surface area contributed by atoms with Gasteiger partial charge in [0.1, 0.15) is 0 Å². The first-order valence-electron chi connectivity index (χ1n) is 10.0. The van der Waals surface area contributed by atoms with Crippen LogP contribution < -0.4 is 0 Å². The van der Waals surface area contributed by atoms with E-state index in [0.29, 0.717) is 31.1 Å². The van der Waals surface area contributed by atoms with Gasteiger partial charge >= 0.3 is 0 Å². The summed E-state index contributed by atoms with van der Waals surface area (Å²) in [6, 6.07) is 17.8. The lowest BCUT2D eigenvalue weighted by atomic mass is 9.83. The van der Waals surface area contributed by atoms with E-state index in [1.165, 1.54) is 11.3 Å². The van der Waals surface area contributed by atoms with Crippen molar-refractivity contribution in [3.63, 3.8) is 0 Å². The third-order valence-corrected chi connectivity index (χ3v) is 7.63. The second kappa shape index (κ2) is 7.98. The van der Waals surface area contributed by atoms with Gasteiger partial charge in [0.2, 0.25) is 0 Å². The summed E-state index contributed by atoms with van der Waals surface area (Å²) >= 11 is 3.08. The monoisotopic (exact) mass is 438 g/mol. The second-order valence-corrected chi connectivity index (χ2v) is 9.65. The third-order valence-electron chi connectivity index (χ3n) is 5.91. The number of hydrogen-bond donors (Lipinski definition) is 0. The first kappa shape index (κ1) is 19.5. The Morgan fingerprint density at radius 1 is 1.07 bits per heavy atom. The quantitative estimate of drug-likeness (QED) is 0.622. The number of carbonyl (C=O) groups is 2. The highest BCUT2D eigenvalue weighted by atomic mass is 32.1. The van der Waals surface area contributed by atoms with E-state index in [1.54, 1.807) is 16.2 Å². The van der Waals surface area contributed by atoms with Crippen molar-refractivity contribution in [1.29, 1.82) is 0 Å². The van der Waals surface area contributed by atoms with E-state index in [-0.39, 0.29) is 24.3 Å². The van der Waals surface area contributed by atoms with E-state index in [4.69, 9.17) is 4.74 Å². The number of hydrogen-bond acceptors (Lipinski definition) is 5. The third kappa shape index (κ3) is 3.37. The fourth-order valence-corrected chi connectivity index (χ4v) is 5.88. The van der Waals surface area contributed by atoms with Gasteiger partial charge in [0, 0.05) is 23.9 Å². The largest absolute Gasteiger partial charge is 0.361 e. The Morgan fingerprint density at radius 2 is 1.87 bits per heavy atom. The maximum atomic E-state index is 13.7. The Morgan fingerprint density at radius 3 is 2.60 bits per heavy atom. The smallest absolute Gasteiger partial charge is 0.264 e. The van der Waals surface area contributed by atoms with Crippen molar-refractivity contribution in [3.05, 3.63) is 80.7 Å². The molecule has 7 heteroatoms. The molecule has 4 heterocycles. The van der Waals surface area contributed by atoms with Gasteiger partial charge in [0.25, 0.3) is 11.8 Å². The van der Waals surface area contributed by atoms with Crippen molar-refractivity contribution in [2.45, 2.75) is 18.1 Å². The fraction of sp³-hybridized carbons (Fsp3) is 0.304. The molecule has 0 saturated carbocycles. The first-order valence-corrected chi connectivity index (χ1v) is 11.8. The summed E-state index contributed by atoms with van der Waals surface area (Å²) in [5.41, 5.74) is 0.0361. The molecular weight excluding hydrogens is 416 g/mol. The number of rotatable bonds is 4. The zero-order valence-corrected chi connectivity index (χ0v) is 18.0. The molecule has 2 fully saturated rings. The van der Waals surface area contributed by atoms with Crippen LogP contribution in [0.25, 0.3) is 0 Å². The molecule has 2 aliphatic heterocycles. The maximum absolute atomic E-state index is 13.7. The number of morpholine rings is 1. The van der Waals surface area contributed by atoms with Crippen molar-refractivity contribution < 1.29 is 14.3 Å². The number of benzene rings is 1. The molecule has 0 bridgehead atoms. The van der Waals surface area contributed by atoms with Gasteiger partial charge in [-0.3, -0.25) is 9.59 Å². The Hall–Kier alpha value is -2.48. The number of thiophene rings is 2. The van der Waals surface area contributed by atoms with Crippen molar-refractivity contribution in [1.82, 2.24) is 9.80 Å². The highest BCUT2D eigenvalue weighted by Crippen LogP contribution is 2.43. The Bertz CT molecular complexity index is 1020. The number of carbonyl (C=O) groups excluding carboxylic acids is 2. The number of amides is 2. The summed E-state index contributed by atoms with van der Waals surface area (Å²) < 4.78 is 6.27. The summed E-state index contributed by atoms with van der Waals surface area (Å²) in [6.45, 7) is 2.30. The minimum absolute atomic E-state index is 0.0200. The van der Waals surface area contributed by atoms with Crippen LogP contribution in [0.4, 0.5) is 0 Å². The standard InChI is InChI=1S/C23H22N2O3S2/c26-21(20-9-5-13-30-20)24-10-11-28-23(16-24)19(17-6-2-1-3-7-17)15-25(22(23)27)14-18-8-4-12-29-18/h1-9,12-13,19H,10-11,14-16H2/t19-,23+/m0/s1. The molecule has 0 aliphatic carbocycles. The molecule has 1 spiro atoms. The van der Waals surface area contributed by atoms with E-state index >= 15 is 0 Å². The van der Waals surface area contributed by atoms with Crippen LogP contribution in [0.2, 0.25) is 0 Å². The zero-order valence-electron chi connectivity index (χ0n) is 16.4. The summed E-state index contributed by atoms with van der Waals surface area (Å²) in [5.74, 6) is -0.164. The van der Waals surface area contributed by atoms with Gasteiger partial charge in [0.05, 0.1) is 24.6 Å². The van der Waals surface area contributed by atoms with Gasteiger partial charge in [-0.1, -0.05) is 42.5 Å². The lowest BCUT2D eigenvalue weighted by Crippen LogP contribution is -2.59. The van der Waals surface area contributed by atoms with Crippen LogP contribution in [0.3, 0.4) is 0 Å². The zero-order chi connectivity index (χ0) is 20.6. The summed E-state index contributed by atoms with van der Waals surface area (Å²) in [6.07, 6.45) is 0. The molecule has 1 aromatic carbocycles. The van der Waals surface area contributed by atoms with Gasteiger partial charge < -0.3 is 14.5 Å². The van der Waals surface area contributed by atoms with E-state index in [2.05, 4.69) is 18.2 Å². The molecule has 5 rings (SSSR count). The molecule has 30 heavy (non-hydrogen) atoms. The second-order valence-electron chi connectivity index (χ2n) is 7.67. The van der Waals surface area contributed by atoms with Crippen LogP contribution >= 0.6 is 22.7 Å². The van der Waals surface area contributed by atoms with Gasteiger partial charge in [-0.25, -0.2) is 0 Å². The van der Waals surface area contributed by atoms with Crippen molar-refractivity contribution in [3.8, 4) is 0 Å².